The number of hydrogen-bond acceptors (Lipinski definition) is 5. The van der Waals surface area contributed by atoms with Crippen molar-refractivity contribution in [3.05, 3.63) is 59.1 Å². The number of carbonyl (C=O) groups is 3. The van der Waals surface area contributed by atoms with Gasteiger partial charge in [0.1, 0.15) is 12.3 Å². The Morgan fingerprint density at radius 2 is 1.82 bits per heavy atom. The average Bonchev–Trinajstić information content (AvgIpc) is 2.67. The van der Waals surface area contributed by atoms with Crippen LogP contribution in [0.2, 0.25) is 5.02 Å². The average molecular weight is 405 g/mol. The fourth-order valence-electron chi connectivity index (χ4n) is 2.29. The van der Waals surface area contributed by atoms with Gasteiger partial charge < -0.3 is 20.1 Å². The van der Waals surface area contributed by atoms with Gasteiger partial charge in [-0.2, -0.15) is 0 Å². The van der Waals surface area contributed by atoms with E-state index in [4.69, 9.17) is 21.1 Å². The predicted molar refractivity (Wildman–Crippen MR) is 105 cm³/mol. The first-order chi connectivity index (χ1) is 13.4. The molecule has 0 aromatic heterocycles. The van der Waals surface area contributed by atoms with Crippen molar-refractivity contribution in [1.29, 1.82) is 0 Å². The number of amides is 2. The minimum absolute atomic E-state index is 0.155. The number of carbonyl (C=O) groups excluding carboxylic acids is 3. The number of ether oxygens (including phenoxy) is 2. The first-order valence-electron chi connectivity index (χ1n) is 8.53. The molecule has 0 heterocycles. The molecular weight excluding hydrogens is 384 g/mol. The van der Waals surface area contributed by atoms with Crippen LogP contribution in [0.5, 0.6) is 5.75 Å². The third-order valence-corrected chi connectivity index (χ3v) is 4.03. The first-order valence-corrected chi connectivity index (χ1v) is 8.91. The normalized spacial score (nSPS) is 11.2. The largest absolute Gasteiger partial charge is 0.495 e. The van der Waals surface area contributed by atoms with E-state index in [1.165, 1.54) is 20.1 Å². The molecule has 2 rings (SSSR count). The monoisotopic (exact) mass is 404 g/mol. The standard InChI is InChI=1S/C20H21ClN2O5/c1-13(20(26)23-15-8-9-17(27-2)16(21)11-15)28-19(25)12-22-18(24)10-14-6-4-3-5-7-14/h3-9,11,13H,10,12H2,1-2H3,(H,22,24)(H,23,26)/t13-/m0/s1. The zero-order chi connectivity index (χ0) is 20.5. The van der Waals surface area contributed by atoms with Gasteiger partial charge in [-0.1, -0.05) is 41.9 Å². The van der Waals surface area contributed by atoms with Crippen LogP contribution in [0, 0.1) is 0 Å². The quantitative estimate of drug-likeness (QED) is 0.659. The van der Waals surface area contributed by atoms with Crippen LogP contribution >= 0.6 is 11.6 Å². The van der Waals surface area contributed by atoms with Crippen LogP contribution in [0.4, 0.5) is 5.69 Å². The molecule has 148 valence electrons. The van der Waals surface area contributed by atoms with Crippen molar-refractivity contribution in [2.45, 2.75) is 19.4 Å². The van der Waals surface area contributed by atoms with Gasteiger partial charge in [0.2, 0.25) is 5.91 Å². The Kier molecular flexibility index (Phi) is 7.83. The molecule has 0 saturated carbocycles. The van der Waals surface area contributed by atoms with Gasteiger partial charge in [-0.05, 0) is 30.7 Å². The van der Waals surface area contributed by atoms with E-state index in [0.29, 0.717) is 16.5 Å². The van der Waals surface area contributed by atoms with Crippen LogP contribution in [0.15, 0.2) is 48.5 Å². The zero-order valence-electron chi connectivity index (χ0n) is 15.5. The van der Waals surface area contributed by atoms with Crippen LogP contribution in [0.1, 0.15) is 12.5 Å². The van der Waals surface area contributed by atoms with Gasteiger partial charge >= 0.3 is 5.97 Å². The van der Waals surface area contributed by atoms with Gasteiger partial charge in [-0.15, -0.1) is 0 Å². The number of anilines is 1. The molecule has 2 N–H and O–H groups in total. The van der Waals surface area contributed by atoms with Crippen LogP contribution in [-0.4, -0.2) is 37.5 Å². The van der Waals surface area contributed by atoms with Crippen molar-refractivity contribution in [2.75, 3.05) is 19.0 Å². The lowest BCUT2D eigenvalue weighted by Gasteiger charge is -2.14. The highest BCUT2D eigenvalue weighted by Crippen LogP contribution is 2.27. The molecule has 0 radical (unpaired) electrons. The number of nitrogens with one attached hydrogen (secondary N) is 2. The highest BCUT2D eigenvalue weighted by Gasteiger charge is 2.19. The van der Waals surface area contributed by atoms with E-state index in [1.807, 2.05) is 30.3 Å². The summed E-state index contributed by atoms with van der Waals surface area (Å²) in [5, 5.41) is 5.40. The summed E-state index contributed by atoms with van der Waals surface area (Å²) in [5.74, 6) is -1.07. The van der Waals surface area contributed by atoms with Gasteiger partial charge in [0.25, 0.3) is 5.91 Å². The zero-order valence-corrected chi connectivity index (χ0v) is 16.3. The molecule has 0 spiro atoms. The molecule has 8 heteroatoms. The van der Waals surface area contributed by atoms with Gasteiger partial charge in [-0.25, -0.2) is 0 Å². The van der Waals surface area contributed by atoms with E-state index in [9.17, 15) is 14.4 Å². The van der Waals surface area contributed by atoms with Gasteiger partial charge in [0.05, 0.1) is 18.6 Å². The van der Waals surface area contributed by atoms with E-state index in [-0.39, 0.29) is 18.9 Å². The Labute approximate surface area is 168 Å². The van der Waals surface area contributed by atoms with E-state index in [0.717, 1.165) is 5.56 Å². The Morgan fingerprint density at radius 3 is 2.46 bits per heavy atom. The fourth-order valence-corrected chi connectivity index (χ4v) is 2.55. The summed E-state index contributed by atoms with van der Waals surface area (Å²) < 4.78 is 10.1. The number of methoxy groups -OCH3 is 1. The maximum absolute atomic E-state index is 12.1. The van der Waals surface area contributed by atoms with Crippen molar-refractivity contribution >= 4 is 35.1 Å². The molecule has 0 aliphatic heterocycles. The smallest absolute Gasteiger partial charge is 0.326 e. The molecule has 0 fully saturated rings. The maximum atomic E-state index is 12.1. The fraction of sp³-hybridized carbons (Fsp3) is 0.250. The molecule has 7 nitrogen and oxygen atoms in total. The van der Waals surface area contributed by atoms with Crippen molar-refractivity contribution in [1.82, 2.24) is 5.32 Å². The molecule has 0 unspecified atom stereocenters. The highest BCUT2D eigenvalue weighted by atomic mass is 35.5. The Balaban J connectivity index is 1.77. The molecule has 1 atom stereocenters. The minimum atomic E-state index is -1.04. The number of hydrogen-bond donors (Lipinski definition) is 2. The SMILES string of the molecule is COc1ccc(NC(=O)[C@H](C)OC(=O)CNC(=O)Cc2ccccc2)cc1Cl. The van der Waals surface area contributed by atoms with E-state index in [1.54, 1.807) is 12.1 Å². The summed E-state index contributed by atoms with van der Waals surface area (Å²) in [6.07, 6.45) is -0.887. The summed E-state index contributed by atoms with van der Waals surface area (Å²) in [7, 11) is 1.49. The number of esters is 1. The number of rotatable bonds is 8. The lowest BCUT2D eigenvalue weighted by Crippen LogP contribution is -2.36. The summed E-state index contributed by atoms with van der Waals surface area (Å²) in [4.78, 5) is 35.8. The molecule has 0 saturated heterocycles. The van der Waals surface area contributed by atoms with Crippen molar-refractivity contribution in [3.8, 4) is 5.75 Å². The number of halogens is 1. The number of benzene rings is 2. The van der Waals surface area contributed by atoms with E-state index in [2.05, 4.69) is 10.6 Å². The molecule has 2 amide bonds. The van der Waals surface area contributed by atoms with Crippen LogP contribution in [0.3, 0.4) is 0 Å². The second-order valence-electron chi connectivity index (χ2n) is 5.91. The summed E-state index contributed by atoms with van der Waals surface area (Å²) in [5.41, 5.74) is 1.27. The second-order valence-corrected chi connectivity index (χ2v) is 6.32. The van der Waals surface area contributed by atoms with Crippen LogP contribution < -0.4 is 15.4 Å². The molecular formula is C20H21ClN2O5. The molecule has 0 aliphatic carbocycles. The lowest BCUT2D eigenvalue weighted by atomic mass is 10.1. The Hall–Kier alpha value is -3.06. The van der Waals surface area contributed by atoms with E-state index >= 15 is 0 Å². The first kappa shape index (κ1) is 21.2. The van der Waals surface area contributed by atoms with Gasteiger partial charge in [0, 0.05) is 5.69 Å². The van der Waals surface area contributed by atoms with Crippen LogP contribution in [0.25, 0.3) is 0 Å². The van der Waals surface area contributed by atoms with E-state index < -0.39 is 18.0 Å². The molecule has 0 bridgehead atoms. The second kappa shape index (κ2) is 10.3. The third-order valence-electron chi connectivity index (χ3n) is 3.73. The minimum Gasteiger partial charge on any atom is -0.495 e. The highest BCUT2D eigenvalue weighted by molar-refractivity contribution is 6.32. The van der Waals surface area contributed by atoms with Gasteiger partial charge in [-0.3, -0.25) is 14.4 Å². The topological polar surface area (TPSA) is 93.7 Å². The summed E-state index contributed by atoms with van der Waals surface area (Å²) in [6, 6.07) is 13.9. The van der Waals surface area contributed by atoms with Crippen molar-refractivity contribution in [2.24, 2.45) is 0 Å². The molecule has 0 aliphatic rings. The lowest BCUT2D eigenvalue weighted by molar-refractivity contribution is -0.152. The third kappa shape index (κ3) is 6.59. The molecule has 2 aromatic rings. The van der Waals surface area contributed by atoms with Crippen molar-refractivity contribution < 1.29 is 23.9 Å². The molecule has 28 heavy (non-hydrogen) atoms. The van der Waals surface area contributed by atoms with Crippen molar-refractivity contribution in [3.63, 3.8) is 0 Å². The van der Waals surface area contributed by atoms with Crippen LogP contribution in [-0.2, 0) is 25.5 Å². The molecule has 2 aromatic carbocycles. The predicted octanol–water partition coefficient (Wildman–Crippen LogP) is 2.58. The Morgan fingerprint density at radius 1 is 1.11 bits per heavy atom. The summed E-state index contributed by atoms with van der Waals surface area (Å²) >= 11 is 6.00. The Bertz CT molecular complexity index is 842. The van der Waals surface area contributed by atoms with Gasteiger partial charge in [0.15, 0.2) is 6.10 Å². The maximum Gasteiger partial charge on any atom is 0.326 e. The summed E-state index contributed by atoms with van der Waals surface area (Å²) in [6.45, 7) is 1.11.